The lowest BCUT2D eigenvalue weighted by molar-refractivity contribution is -0.0367. The van der Waals surface area contributed by atoms with E-state index < -0.39 is 5.92 Å². The number of nitrogens with zero attached hydrogens (tertiary/aromatic N) is 2. The van der Waals surface area contributed by atoms with E-state index in [1.807, 2.05) is 43.0 Å². The number of halogens is 3. The fourth-order valence-electron chi connectivity index (χ4n) is 4.92. The van der Waals surface area contributed by atoms with Crippen molar-refractivity contribution in [2.45, 2.75) is 51.6 Å². The Labute approximate surface area is 198 Å². The Morgan fingerprint density at radius 1 is 1.24 bits per heavy atom. The Morgan fingerprint density at radius 3 is 2.79 bits per heavy atom. The molecule has 1 aromatic carbocycles. The van der Waals surface area contributed by atoms with Crippen molar-refractivity contribution < 1.29 is 17.9 Å². The molecule has 0 saturated heterocycles. The molecule has 2 N–H and O–H groups in total. The summed E-state index contributed by atoms with van der Waals surface area (Å²) in [6, 6.07) is 9.56. The highest BCUT2D eigenvalue weighted by Crippen LogP contribution is 2.43. The monoisotopic (exact) mass is 474 g/mol. The fourth-order valence-corrected chi connectivity index (χ4v) is 4.92. The van der Waals surface area contributed by atoms with Gasteiger partial charge in [-0.15, -0.1) is 0 Å². The van der Waals surface area contributed by atoms with Gasteiger partial charge >= 0.3 is 0 Å². The van der Waals surface area contributed by atoms with Gasteiger partial charge < -0.3 is 15.0 Å². The third-order valence-corrected chi connectivity index (χ3v) is 6.48. The van der Waals surface area contributed by atoms with Gasteiger partial charge in [0.15, 0.2) is 0 Å². The molecule has 5 nitrogen and oxygen atoms in total. The molecule has 0 unspecified atom stereocenters. The molecule has 1 aliphatic rings. The average Bonchev–Trinajstić information content (AvgIpc) is 3.15. The molecule has 0 spiro atoms. The van der Waals surface area contributed by atoms with Crippen molar-refractivity contribution in [2.75, 3.05) is 32.9 Å². The standard InChI is InChI=1S/C26H33F3N4O/c1-17-15-21-20-7-4-5-8-22(20)32-23(21)24(33(17)16-26(3,28)29)19-9-12-31-25(18(19)2)34-14-13-30-11-6-10-27/h4-5,7-9,12,17,24,30,32H,6,10-11,13-16H2,1-3H3/t17-,24-/m1/s1. The lowest BCUT2D eigenvalue weighted by Crippen LogP contribution is -2.47. The zero-order valence-electron chi connectivity index (χ0n) is 20.0. The number of alkyl halides is 3. The summed E-state index contributed by atoms with van der Waals surface area (Å²) in [6.45, 7) is 5.78. The van der Waals surface area contributed by atoms with Gasteiger partial charge in [0.2, 0.25) is 5.88 Å². The molecule has 1 aliphatic heterocycles. The van der Waals surface area contributed by atoms with E-state index in [-0.39, 0.29) is 25.3 Å². The Bertz CT molecular complexity index is 1110. The summed E-state index contributed by atoms with van der Waals surface area (Å²) >= 11 is 0. The number of fused-ring (bicyclic) bond motifs is 3. The van der Waals surface area contributed by atoms with Crippen LogP contribution < -0.4 is 10.1 Å². The Hall–Kier alpha value is -2.58. The van der Waals surface area contributed by atoms with Crippen molar-refractivity contribution in [3.05, 3.63) is 58.9 Å². The summed E-state index contributed by atoms with van der Waals surface area (Å²) in [5.74, 6) is -2.34. The van der Waals surface area contributed by atoms with Crippen molar-refractivity contribution >= 4 is 10.9 Å². The quantitative estimate of drug-likeness (QED) is 0.397. The number of pyridine rings is 1. The van der Waals surface area contributed by atoms with E-state index in [1.165, 1.54) is 5.56 Å². The summed E-state index contributed by atoms with van der Waals surface area (Å²) in [4.78, 5) is 9.82. The number of para-hydroxylation sites is 1. The van der Waals surface area contributed by atoms with Crippen molar-refractivity contribution in [1.29, 1.82) is 0 Å². The lowest BCUT2D eigenvalue weighted by Gasteiger charge is -2.42. The summed E-state index contributed by atoms with van der Waals surface area (Å²) in [5, 5.41) is 4.27. The molecule has 4 rings (SSSR count). The second-order valence-corrected chi connectivity index (χ2v) is 9.23. The molecule has 0 fully saturated rings. The number of hydrogen-bond donors (Lipinski definition) is 2. The Balaban J connectivity index is 1.70. The van der Waals surface area contributed by atoms with Crippen LogP contribution in [0.2, 0.25) is 0 Å². The number of aromatic nitrogens is 2. The van der Waals surface area contributed by atoms with Crippen LogP contribution in [0.3, 0.4) is 0 Å². The number of hydrogen-bond acceptors (Lipinski definition) is 4. The molecule has 184 valence electrons. The zero-order valence-corrected chi connectivity index (χ0v) is 20.0. The predicted octanol–water partition coefficient (Wildman–Crippen LogP) is 5.19. The van der Waals surface area contributed by atoms with Crippen LogP contribution >= 0.6 is 0 Å². The molecule has 8 heteroatoms. The highest BCUT2D eigenvalue weighted by atomic mass is 19.3. The molecule has 0 bridgehead atoms. The first-order valence-electron chi connectivity index (χ1n) is 11.9. The Kier molecular flexibility index (Phi) is 7.48. The van der Waals surface area contributed by atoms with E-state index >= 15 is 0 Å². The predicted molar refractivity (Wildman–Crippen MR) is 129 cm³/mol. The first-order chi connectivity index (χ1) is 16.3. The maximum Gasteiger partial charge on any atom is 0.257 e. The molecule has 0 aliphatic carbocycles. The maximum absolute atomic E-state index is 14.3. The summed E-state index contributed by atoms with van der Waals surface area (Å²) in [7, 11) is 0. The maximum atomic E-state index is 14.3. The molecule has 2 atom stereocenters. The van der Waals surface area contributed by atoms with Crippen LogP contribution in [0.25, 0.3) is 10.9 Å². The lowest BCUT2D eigenvalue weighted by atomic mass is 9.87. The van der Waals surface area contributed by atoms with E-state index in [0.29, 0.717) is 38.4 Å². The molecule has 0 amide bonds. The summed E-state index contributed by atoms with van der Waals surface area (Å²) < 4.78 is 46.8. The van der Waals surface area contributed by atoms with Crippen molar-refractivity contribution in [1.82, 2.24) is 20.2 Å². The minimum Gasteiger partial charge on any atom is -0.476 e. The third-order valence-electron chi connectivity index (χ3n) is 6.48. The van der Waals surface area contributed by atoms with Gasteiger partial charge in [-0.1, -0.05) is 18.2 Å². The van der Waals surface area contributed by atoms with Gasteiger partial charge in [0.1, 0.15) is 6.61 Å². The van der Waals surface area contributed by atoms with Crippen LogP contribution in [0.1, 0.15) is 48.7 Å². The minimum absolute atomic E-state index is 0.0702. The highest BCUT2D eigenvalue weighted by molar-refractivity contribution is 5.85. The normalized spacial score (nSPS) is 18.9. The van der Waals surface area contributed by atoms with E-state index in [4.69, 9.17) is 4.74 Å². The van der Waals surface area contributed by atoms with Crippen LogP contribution in [-0.2, 0) is 6.42 Å². The van der Waals surface area contributed by atoms with Crippen LogP contribution in [0.15, 0.2) is 36.5 Å². The van der Waals surface area contributed by atoms with Gasteiger partial charge in [-0.25, -0.2) is 13.8 Å². The van der Waals surface area contributed by atoms with Gasteiger partial charge in [-0.05, 0) is 56.5 Å². The molecule has 3 aromatic rings. The third kappa shape index (κ3) is 5.23. The smallest absolute Gasteiger partial charge is 0.257 e. The fraction of sp³-hybridized carbons (Fsp3) is 0.500. The molecule has 0 saturated carbocycles. The zero-order chi connectivity index (χ0) is 24.3. The number of aromatic amines is 1. The second-order valence-electron chi connectivity index (χ2n) is 9.23. The van der Waals surface area contributed by atoms with Crippen molar-refractivity contribution in [3.8, 4) is 5.88 Å². The largest absolute Gasteiger partial charge is 0.476 e. The molecule has 3 heterocycles. The highest BCUT2D eigenvalue weighted by Gasteiger charge is 2.40. The van der Waals surface area contributed by atoms with Gasteiger partial charge in [0, 0.05) is 47.9 Å². The molecular formula is C26H33F3N4O. The number of H-pyrrole nitrogens is 1. The summed E-state index contributed by atoms with van der Waals surface area (Å²) in [5.41, 5.74) is 4.88. The molecule has 2 aromatic heterocycles. The van der Waals surface area contributed by atoms with Gasteiger partial charge in [0.25, 0.3) is 5.92 Å². The van der Waals surface area contributed by atoms with Crippen molar-refractivity contribution in [2.24, 2.45) is 0 Å². The first kappa shape index (κ1) is 24.5. The first-order valence-corrected chi connectivity index (χ1v) is 11.9. The molecule has 0 radical (unpaired) electrons. The van der Waals surface area contributed by atoms with Gasteiger partial charge in [-0.3, -0.25) is 9.29 Å². The number of benzene rings is 1. The number of ether oxygens (including phenoxy) is 1. The van der Waals surface area contributed by atoms with Crippen LogP contribution in [-0.4, -0.2) is 59.7 Å². The average molecular weight is 475 g/mol. The molecule has 34 heavy (non-hydrogen) atoms. The van der Waals surface area contributed by atoms with Crippen LogP contribution in [0, 0.1) is 6.92 Å². The summed E-state index contributed by atoms with van der Waals surface area (Å²) in [6.07, 6.45) is 2.85. The molecular weight excluding hydrogens is 441 g/mol. The second kappa shape index (κ2) is 10.4. The SMILES string of the molecule is Cc1c([C@@H]2c3[nH]c4ccccc4c3C[C@@H](C)N2CC(C)(F)F)ccnc1OCCNCCCF. The van der Waals surface area contributed by atoms with Crippen LogP contribution in [0.5, 0.6) is 5.88 Å². The minimum atomic E-state index is -2.83. The van der Waals surface area contributed by atoms with E-state index in [0.717, 1.165) is 34.6 Å². The number of rotatable bonds is 10. The van der Waals surface area contributed by atoms with E-state index in [2.05, 4.69) is 21.4 Å². The van der Waals surface area contributed by atoms with Gasteiger partial charge in [-0.2, -0.15) is 0 Å². The van der Waals surface area contributed by atoms with E-state index in [1.54, 1.807) is 6.20 Å². The topological polar surface area (TPSA) is 53.2 Å². The van der Waals surface area contributed by atoms with Gasteiger partial charge in [0.05, 0.1) is 19.3 Å². The number of nitrogens with one attached hydrogen (secondary N) is 2. The van der Waals surface area contributed by atoms with Crippen molar-refractivity contribution in [3.63, 3.8) is 0 Å². The van der Waals surface area contributed by atoms with E-state index in [9.17, 15) is 13.2 Å². The van der Waals surface area contributed by atoms with Crippen LogP contribution in [0.4, 0.5) is 13.2 Å². The Morgan fingerprint density at radius 2 is 2.03 bits per heavy atom.